The van der Waals surface area contributed by atoms with Gasteiger partial charge in [-0.15, -0.1) is 0 Å². The minimum absolute atomic E-state index is 0.0668. The first-order valence-corrected chi connectivity index (χ1v) is 8.81. The number of aromatic nitrogens is 2. The van der Waals surface area contributed by atoms with Crippen molar-refractivity contribution in [3.05, 3.63) is 17.7 Å². The fourth-order valence-electron chi connectivity index (χ4n) is 1.84. The number of carbonyl (C=O) groups is 1. The highest BCUT2D eigenvalue weighted by atomic mass is 32.2. The summed E-state index contributed by atoms with van der Waals surface area (Å²) in [5.41, 5.74) is 0.579. The third kappa shape index (κ3) is 4.02. The van der Waals surface area contributed by atoms with Crippen LogP contribution in [-0.2, 0) is 0 Å². The Labute approximate surface area is 127 Å². The summed E-state index contributed by atoms with van der Waals surface area (Å²) >= 11 is 3.88. The van der Waals surface area contributed by atoms with Crippen LogP contribution in [0, 0.1) is 0 Å². The summed E-state index contributed by atoms with van der Waals surface area (Å²) in [5.74, 6) is 3.13. The number of hydrogen-bond donors (Lipinski definition) is 2. The van der Waals surface area contributed by atoms with E-state index < -0.39 is 5.97 Å². The van der Waals surface area contributed by atoms with Gasteiger partial charge in [-0.3, -0.25) is 0 Å². The molecule has 0 amide bonds. The van der Waals surface area contributed by atoms with Gasteiger partial charge >= 0.3 is 5.97 Å². The second-order valence-electron chi connectivity index (χ2n) is 4.90. The van der Waals surface area contributed by atoms with Gasteiger partial charge in [-0.1, -0.05) is 13.8 Å². The minimum atomic E-state index is -1.01. The van der Waals surface area contributed by atoms with Crippen LogP contribution >= 0.6 is 23.5 Å². The van der Waals surface area contributed by atoms with Gasteiger partial charge in [-0.2, -0.15) is 23.5 Å². The molecule has 110 valence electrons. The van der Waals surface area contributed by atoms with Crippen LogP contribution in [0.25, 0.3) is 0 Å². The molecule has 1 saturated heterocycles. The number of nitrogens with one attached hydrogen (secondary N) is 1. The van der Waals surface area contributed by atoms with Crippen molar-refractivity contribution in [1.29, 1.82) is 0 Å². The van der Waals surface area contributed by atoms with Crippen molar-refractivity contribution in [2.75, 3.05) is 29.1 Å². The summed E-state index contributed by atoms with van der Waals surface area (Å²) in [6.07, 6.45) is 1.59. The zero-order valence-electron chi connectivity index (χ0n) is 11.6. The van der Waals surface area contributed by atoms with Gasteiger partial charge in [0, 0.05) is 35.0 Å². The molecule has 2 N–H and O–H groups in total. The van der Waals surface area contributed by atoms with Crippen LogP contribution in [0.15, 0.2) is 6.20 Å². The summed E-state index contributed by atoms with van der Waals surface area (Å²) in [5, 5.41) is 13.0. The van der Waals surface area contributed by atoms with Crippen LogP contribution in [0.2, 0.25) is 0 Å². The molecule has 5 nitrogen and oxygen atoms in total. The number of aromatic carboxylic acids is 1. The molecule has 0 radical (unpaired) electrons. The Bertz CT molecular complexity index is 477. The molecule has 0 saturated carbocycles. The van der Waals surface area contributed by atoms with Gasteiger partial charge in [-0.25, -0.2) is 14.8 Å². The van der Waals surface area contributed by atoms with Crippen LogP contribution in [0.4, 0.5) is 5.69 Å². The monoisotopic (exact) mass is 313 g/mol. The van der Waals surface area contributed by atoms with Crippen molar-refractivity contribution in [1.82, 2.24) is 9.97 Å². The number of hydrogen-bond acceptors (Lipinski definition) is 6. The normalized spacial score (nSPS) is 19.1. The summed E-state index contributed by atoms with van der Waals surface area (Å²) in [4.78, 5) is 19.7. The van der Waals surface area contributed by atoms with Crippen molar-refractivity contribution in [2.24, 2.45) is 0 Å². The molecule has 0 aromatic carbocycles. The van der Waals surface area contributed by atoms with E-state index in [0.717, 1.165) is 18.1 Å². The predicted octanol–water partition coefficient (Wildman–Crippen LogP) is 2.56. The summed E-state index contributed by atoms with van der Waals surface area (Å²) in [7, 11) is 0. The van der Waals surface area contributed by atoms with Gasteiger partial charge in [-0.05, 0) is 0 Å². The molecule has 1 fully saturated rings. The Balaban J connectivity index is 2.07. The molecule has 2 rings (SSSR count). The average Bonchev–Trinajstić information content (AvgIpc) is 2.45. The maximum atomic E-state index is 11.3. The third-order valence-corrected chi connectivity index (χ3v) is 5.78. The van der Waals surface area contributed by atoms with Gasteiger partial charge in [0.2, 0.25) is 0 Å². The fraction of sp³-hybridized carbons (Fsp3) is 0.615. The second-order valence-corrected chi connectivity index (χ2v) is 7.46. The highest BCUT2D eigenvalue weighted by Gasteiger charge is 2.18. The molecule has 0 bridgehead atoms. The van der Waals surface area contributed by atoms with Gasteiger partial charge in [0.05, 0.1) is 11.9 Å². The van der Waals surface area contributed by atoms with Crippen LogP contribution < -0.4 is 5.32 Å². The Hall–Kier alpha value is -0.950. The number of anilines is 1. The van der Waals surface area contributed by atoms with Gasteiger partial charge in [0.25, 0.3) is 0 Å². The topological polar surface area (TPSA) is 75.1 Å². The standard InChI is InChI=1S/C13H19N3O2S2/c1-8(2)12-15-6-10(11(16-12)13(17)18)14-5-9-7-19-3-4-20-9/h6,8-9,14H,3-5,7H2,1-2H3,(H,17,18). The van der Waals surface area contributed by atoms with Crippen molar-refractivity contribution in [3.63, 3.8) is 0 Å². The molecule has 1 unspecified atom stereocenters. The van der Waals surface area contributed by atoms with Crippen LogP contribution in [-0.4, -0.2) is 50.1 Å². The van der Waals surface area contributed by atoms with E-state index in [0.29, 0.717) is 16.8 Å². The first-order chi connectivity index (χ1) is 9.58. The first-order valence-electron chi connectivity index (χ1n) is 6.61. The van der Waals surface area contributed by atoms with Crippen molar-refractivity contribution < 1.29 is 9.90 Å². The molecule has 1 aliphatic heterocycles. The lowest BCUT2D eigenvalue weighted by Crippen LogP contribution is -2.24. The molecule has 1 aromatic rings. The molecule has 7 heteroatoms. The molecule has 0 spiro atoms. The highest BCUT2D eigenvalue weighted by Crippen LogP contribution is 2.25. The predicted molar refractivity (Wildman–Crippen MR) is 85.1 cm³/mol. The maximum Gasteiger partial charge on any atom is 0.356 e. The minimum Gasteiger partial charge on any atom is -0.476 e. The van der Waals surface area contributed by atoms with E-state index in [1.807, 2.05) is 37.4 Å². The molecule has 1 aliphatic rings. The molecular weight excluding hydrogens is 294 g/mol. The summed E-state index contributed by atoms with van der Waals surface area (Å²) < 4.78 is 0. The van der Waals surface area contributed by atoms with E-state index in [4.69, 9.17) is 0 Å². The zero-order valence-corrected chi connectivity index (χ0v) is 13.3. The van der Waals surface area contributed by atoms with Gasteiger partial charge in [0.1, 0.15) is 5.82 Å². The lowest BCUT2D eigenvalue weighted by Gasteiger charge is -2.22. The second kappa shape index (κ2) is 7.17. The number of nitrogens with zero attached hydrogens (tertiary/aromatic N) is 2. The van der Waals surface area contributed by atoms with Gasteiger partial charge in [0.15, 0.2) is 5.69 Å². The molecule has 2 heterocycles. The number of rotatable bonds is 5. The Morgan fingerprint density at radius 3 is 2.95 bits per heavy atom. The molecule has 1 atom stereocenters. The lowest BCUT2D eigenvalue weighted by molar-refractivity contribution is 0.0691. The van der Waals surface area contributed by atoms with Crippen molar-refractivity contribution in [3.8, 4) is 0 Å². The quantitative estimate of drug-likeness (QED) is 0.865. The maximum absolute atomic E-state index is 11.3. The van der Waals surface area contributed by atoms with Gasteiger partial charge < -0.3 is 10.4 Å². The number of carboxylic acid groups (broad SMARTS) is 1. The third-order valence-electron chi connectivity index (χ3n) is 2.93. The van der Waals surface area contributed by atoms with Crippen molar-refractivity contribution >= 4 is 35.2 Å². The van der Waals surface area contributed by atoms with E-state index in [9.17, 15) is 9.90 Å². The average molecular weight is 313 g/mol. The van der Waals surface area contributed by atoms with E-state index in [1.165, 1.54) is 5.75 Å². The van der Waals surface area contributed by atoms with E-state index >= 15 is 0 Å². The Kier molecular flexibility index (Phi) is 5.54. The molecule has 1 aromatic heterocycles. The van der Waals surface area contributed by atoms with E-state index in [1.54, 1.807) is 6.20 Å². The smallest absolute Gasteiger partial charge is 0.356 e. The number of thioether (sulfide) groups is 2. The SMILES string of the molecule is CC(C)c1ncc(NCC2CSCCS2)c(C(=O)O)n1. The lowest BCUT2D eigenvalue weighted by atomic mass is 10.2. The number of carboxylic acids is 1. The summed E-state index contributed by atoms with van der Waals surface area (Å²) in [6, 6.07) is 0. The molecular formula is C13H19N3O2S2. The molecule has 20 heavy (non-hydrogen) atoms. The van der Waals surface area contributed by atoms with Crippen LogP contribution in [0.1, 0.15) is 36.1 Å². The van der Waals surface area contributed by atoms with E-state index in [2.05, 4.69) is 15.3 Å². The fourth-order valence-corrected chi connectivity index (χ4v) is 4.46. The summed E-state index contributed by atoms with van der Waals surface area (Å²) in [6.45, 7) is 4.65. The Morgan fingerprint density at radius 1 is 1.55 bits per heavy atom. The highest BCUT2D eigenvalue weighted by molar-refractivity contribution is 8.06. The van der Waals surface area contributed by atoms with Crippen molar-refractivity contribution in [2.45, 2.75) is 25.0 Å². The first kappa shape index (κ1) is 15.4. The molecule has 0 aliphatic carbocycles. The zero-order chi connectivity index (χ0) is 14.5. The largest absolute Gasteiger partial charge is 0.476 e. The van der Waals surface area contributed by atoms with Crippen LogP contribution in [0.5, 0.6) is 0 Å². The Morgan fingerprint density at radius 2 is 2.35 bits per heavy atom. The van der Waals surface area contributed by atoms with E-state index in [-0.39, 0.29) is 11.6 Å². The van der Waals surface area contributed by atoms with Crippen LogP contribution in [0.3, 0.4) is 0 Å².